The van der Waals surface area contributed by atoms with Gasteiger partial charge in [-0.15, -0.1) is 12.4 Å². The van der Waals surface area contributed by atoms with Crippen LogP contribution in [0, 0.1) is 11.3 Å². The molecule has 2 saturated heterocycles. The lowest BCUT2D eigenvalue weighted by molar-refractivity contribution is -0.139. The SMILES string of the molecule is CC1(C)CN(C(=O)C2CC(=O)N(c3ccc(Cl)cc3)C2)CCC1N.Cl. The molecule has 0 aliphatic carbocycles. The molecule has 0 saturated carbocycles. The number of nitrogens with zero attached hydrogens (tertiary/aromatic N) is 2. The van der Waals surface area contributed by atoms with Crippen molar-refractivity contribution in [3.05, 3.63) is 29.3 Å². The summed E-state index contributed by atoms with van der Waals surface area (Å²) >= 11 is 5.90. The predicted octanol–water partition coefficient (Wildman–Crippen LogP) is 2.70. The van der Waals surface area contributed by atoms with E-state index >= 15 is 0 Å². The summed E-state index contributed by atoms with van der Waals surface area (Å²) in [4.78, 5) is 28.8. The van der Waals surface area contributed by atoms with Crippen LogP contribution in [0.2, 0.25) is 5.02 Å². The fourth-order valence-corrected chi connectivity index (χ4v) is 3.69. The zero-order chi connectivity index (χ0) is 17.5. The summed E-state index contributed by atoms with van der Waals surface area (Å²) in [5.74, 6) is -0.221. The minimum Gasteiger partial charge on any atom is -0.342 e. The Morgan fingerprint density at radius 2 is 1.92 bits per heavy atom. The number of anilines is 1. The maximum absolute atomic E-state index is 12.9. The molecule has 5 nitrogen and oxygen atoms in total. The summed E-state index contributed by atoms with van der Waals surface area (Å²) < 4.78 is 0. The second-order valence-corrected chi connectivity index (χ2v) is 7.96. The number of carbonyl (C=O) groups is 2. The Kier molecular flexibility index (Phi) is 6.02. The van der Waals surface area contributed by atoms with Crippen LogP contribution >= 0.6 is 24.0 Å². The highest BCUT2D eigenvalue weighted by atomic mass is 35.5. The number of halogens is 2. The summed E-state index contributed by atoms with van der Waals surface area (Å²) in [7, 11) is 0. The van der Waals surface area contributed by atoms with Gasteiger partial charge in [0.25, 0.3) is 0 Å². The minimum atomic E-state index is -0.279. The monoisotopic (exact) mass is 385 g/mol. The minimum absolute atomic E-state index is 0. The Hall–Kier alpha value is -1.30. The third kappa shape index (κ3) is 4.10. The number of benzene rings is 1. The van der Waals surface area contributed by atoms with E-state index in [4.69, 9.17) is 17.3 Å². The van der Waals surface area contributed by atoms with E-state index in [2.05, 4.69) is 13.8 Å². The molecule has 2 atom stereocenters. The Morgan fingerprint density at radius 1 is 1.28 bits per heavy atom. The average Bonchev–Trinajstić information content (AvgIpc) is 2.92. The van der Waals surface area contributed by atoms with Crippen LogP contribution in [0.1, 0.15) is 26.7 Å². The first-order valence-corrected chi connectivity index (χ1v) is 8.76. The molecule has 2 N–H and O–H groups in total. The molecule has 3 rings (SSSR count). The highest BCUT2D eigenvalue weighted by molar-refractivity contribution is 6.30. The number of hydrogen-bond acceptors (Lipinski definition) is 3. The van der Waals surface area contributed by atoms with E-state index in [0.29, 0.717) is 24.7 Å². The van der Waals surface area contributed by atoms with Crippen molar-refractivity contribution in [2.75, 3.05) is 24.5 Å². The third-order valence-electron chi connectivity index (χ3n) is 5.24. The van der Waals surface area contributed by atoms with Gasteiger partial charge in [0.15, 0.2) is 0 Å². The molecule has 0 radical (unpaired) electrons. The van der Waals surface area contributed by atoms with Crippen molar-refractivity contribution < 1.29 is 9.59 Å². The lowest BCUT2D eigenvalue weighted by Crippen LogP contribution is -2.55. The maximum atomic E-state index is 12.9. The first-order valence-electron chi connectivity index (χ1n) is 8.38. The van der Waals surface area contributed by atoms with Gasteiger partial charge in [0.1, 0.15) is 0 Å². The summed E-state index contributed by atoms with van der Waals surface area (Å²) in [6, 6.07) is 7.26. The Balaban J connectivity index is 0.00000225. The van der Waals surface area contributed by atoms with Crippen LogP contribution < -0.4 is 10.6 Å². The molecular formula is C18H25Cl2N3O2. The maximum Gasteiger partial charge on any atom is 0.228 e. The molecule has 2 fully saturated rings. The van der Waals surface area contributed by atoms with Crippen LogP contribution in [0.15, 0.2) is 24.3 Å². The molecule has 2 aliphatic rings. The number of amides is 2. The molecule has 0 bridgehead atoms. The highest BCUT2D eigenvalue weighted by Crippen LogP contribution is 2.31. The van der Waals surface area contributed by atoms with Crippen LogP contribution in [-0.4, -0.2) is 42.4 Å². The predicted molar refractivity (Wildman–Crippen MR) is 102 cm³/mol. The van der Waals surface area contributed by atoms with Gasteiger partial charge in [-0.3, -0.25) is 9.59 Å². The Bertz CT molecular complexity index is 648. The zero-order valence-electron chi connectivity index (χ0n) is 14.6. The molecule has 2 amide bonds. The van der Waals surface area contributed by atoms with Crippen LogP contribution in [0.25, 0.3) is 0 Å². The number of carbonyl (C=O) groups excluding carboxylic acids is 2. The molecule has 0 aromatic heterocycles. The van der Waals surface area contributed by atoms with E-state index in [0.717, 1.165) is 12.1 Å². The van der Waals surface area contributed by atoms with Gasteiger partial charge < -0.3 is 15.5 Å². The van der Waals surface area contributed by atoms with Gasteiger partial charge >= 0.3 is 0 Å². The fraction of sp³-hybridized carbons (Fsp3) is 0.556. The molecule has 1 aromatic rings. The number of hydrogen-bond donors (Lipinski definition) is 1. The number of rotatable bonds is 2. The Labute approximate surface area is 159 Å². The summed E-state index contributed by atoms with van der Waals surface area (Å²) in [5.41, 5.74) is 6.85. The summed E-state index contributed by atoms with van der Waals surface area (Å²) in [5, 5.41) is 0.630. The van der Waals surface area contributed by atoms with Crippen molar-refractivity contribution in [2.45, 2.75) is 32.7 Å². The van der Waals surface area contributed by atoms with Gasteiger partial charge in [-0.2, -0.15) is 0 Å². The van der Waals surface area contributed by atoms with Gasteiger partial charge in [0, 0.05) is 42.8 Å². The van der Waals surface area contributed by atoms with E-state index in [9.17, 15) is 9.59 Å². The molecule has 138 valence electrons. The lowest BCUT2D eigenvalue weighted by atomic mass is 9.79. The van der Waals surface area contributed by atoms with Crippen molar-refractivity contribution in [2.24, 2.45) is 17.1 Å². The van der Waals surface area contributed by atoms with Crippen molar-refractivity contribution in [1.82, 2.24) is 4.90 Å². The van der Waals surface area contributed by atoms with Gasteiger partial charge in [0.05, 0.1) is 5.92 Å². The second kappa shape index (κ2) is 7.52. The molecule has 1 aromatic carbocycles. The molecule has 7 heteroatoms. The smallest absolute Gasteiger partial charge is 0.228 e. The van der Waals surface area contributed by atoms with Crippen molar-refractivity contribution >= 4 is 41.5 Å². The van der Waals surface area contributed by atoms with Crippen LogP contribution in [0.4, 0.5) is 5.69 Å². The molecule has 0 spiro atoms. The second-order valence-electron chi connectivity index (χ2n) is 7.53. The van der Waals surface area contributed by atoms with Gasteiger partial charge in [-0.05, 0) is 36.1 Å². The quantitative estimate of drug-likeness (QED) is 0.850. The molecule has 25 heavy (non-hydrogen) atoms. The first kappa shape index (κ1) is 20.0. The average molecular weight is 386 g/mol. The molecule has 2 heterocycles. The van der Waals surface area contributed by atoms with Crippen molar-refractivity contribution in [3.8, 4) is 0 Å². The largest absolute Gasteiger partial charge is 0.342 e. The zero-order valence-corrected chi connectivity index (χ0v) is 16.1. The van der Waals surface area contributed by atoms with Crippen LogP contribution in [-0.2, 0) is 9.59 Å². The lowest BCUT2D eigenvalue weighted by Gasteiger charge is -2.43. The van der Waals surface area contributed by atoms with Gasteiger partial charge in [0.2, 0.25) is 11.8 Å². The number of piperidine rings is 1. The van der Waals surface area contributed by atoms with Crippen LogP contribution in [0.5, 0.6) is 0 Å². The van der Waals surface area contributed by atoms with E-state index < -0.39 is 0 Å². The molecular weight excluding hydrogens is 361 g/mol. The van der Waals surface area contributed by atoms with Crippen molar-refractivity contribution in [3.63, 3.8) is 0 Å². The van der Waals surface area contributed by atoms with Crippen molar-refractivity contribution in [1.29, 1.82) is 0 Å². The fourth-order valence-electron chi connectivity index (χ4n) is 3.56. The van der Waals surface area contributed by atoms with Crippen LogP contribution in [0.3, 0.4) is 0 Å². The first-order chi connectivity index (χ1) is 11.3. The van der Waals surface area contributed by atoms with E-state index in [1.165, 1.54) is 0 Å². The van der Waals surface area contributed by atoms with E-state index in [1.807, 2.05) is 17.0 Å². The number of likely N-dealkylation sites (tertiary alicyclic amines) is 1. The van der Waals surface area contributed by atoms with E-state index in [-0.39, 0.29) is 48.0 Å². The van der Waals surface area contributed by atoms with Gasteiger partial charge in [-0.1, -0.05) is 25.4 Å². The summed E-state index contributed by atoms with van der Waals surface area (Å²) in [6.45, 7) is 5.95. The highest BCUT2D eigenvalue weighted by Gasteiger charge is 2.41. The third-order valence-corrected chi connectivity index (χ3v) is 5.49. The topological polar surface area (TPSA) is 66.6 Å². The standard InChI is InChI=1S/C18H24ClN3O2.ClH/c1-18(2)11-21(8-7-15(18)20)17(24)12-9-16(23)22(10-12)14-5-3-13(19)4-6-14;/h3-6,12,15H,7-11,20H2,1-2H3;1H. The van der Waals surface area contributed by atoms with Gasteiger partial charge in [-0.25, -0.2) is 0 Å². The number of nitrogens with two attached hydrogens (primary N) is 1. The normalized spacial score (nSPS) is 25.7. The van der Waals surface area contributed by atoms with E-state index in [1.54, 1.807) is 17.0 Å². The Morgan fingerprint density at radius 3 is 2.52 bits per heavy atom. The molecule has 2 unspecified atom stereocenters. The molecule has 2 aliphatic heterocycles. The summed E-state index contributed by atoms with van der Waals surface area (Å²) in [6.07, 6.45) is 1.07.